The summed E-state index contributed by atoms with van der Waals surface area (Å²) in [6.45, 7) is 2.12. The smallest absolute Gasteiger partial charge is 0.0532 e. The second-order valence-corrected chi connectivity index (χ2v) is 4.60. The minimum atomic E-state index is 0.902. The van der Waals surface area contributed by atoms with E-state index >= 15 is 0 Å². The standard InChI is InChI=1S/C12H21N3/c1-2-4-6-11(5-3-1)7-13-8-12-9-14-15-10-12/h9-11,13H,1-8H2,(H,14,15). The highest BCUT2D eigenvalue weighted by Crippen LogP contribution is 2.22. The maximum atomic E-state index is 3.94. The van der Waals surface area contributed by atoms with Crippen LogP contribution in [0.15, 0.2) is 12.4 Å². The summed E-state index contributed by atoms with van der Waals surface area (Å²) < 4.78 is 0. The molecular formula is C12H21N3. The Morgan fingerprint density at radius 3 is 2.73 bits per heavy atom. The summed E-state index contributed by atoms with van der Waals surface area (Å²) in [5.74, 6) is 0.902. The quantitative estimate of drug-likeness (QED) is 0.745. The number of nitrogens with zero attached hydrogens (tertiary/aromatic N) is 1. The molecule has 0 unspecified atom stereocenters. The number of hydrogen-bond acceptors (Lipinski definition) is 2. The van der Waals surface area contributed by atoms with Crippen molar-refractivity contribution < 1.29 is 0 Å². The van der Waals surface area contributed by atoms with E-state index in [-0.39, 0.29) is 0 Å². The minimum absolute atomic E-state index is 0.902. The van der Waals surface area contributed by atoms with Gasteiger partial charge in [-0.05, 0) is 25.3 Å². The van der Waals surface area contributed by atoms with Gasteiger partial charge in [0, 0.05) is 18.3 Å². The molecule has 1 aromatic rings. The average molecular weight is 207 g/mol. The van der Waals surface area contributed by atoms with Crippen LogP contribution in [0.3, 0.4) is 0 Å². The maximum absolute atomic E-state index is 3.94. The topological polar surface area (TPSA) is 40.7 Å². The van der Waals surface area contributed by atoms with Crippen molar-refractivity contribution in [2.75, 3.05) is 6.54 Å². The van der Waals surface area contributed by atoms with E-state index < -0.39 is 0 Å². The second-order valence-electron chi connectivity index (χ2n) is 4.60. The van der Waals surface area contributed by atoms with Gasteiger partial charge in [0.15, 0.2) is 0 Å². The van der Waals surface area contributed by atoms with Gasteiger partial charge in [0.25, 0.3) is 0 Å². The van der Waals surface area contributed by atoms with E-state index in [9.17, 15) is 0 Å². The van der Waals surface area contributed by atoms with Gasteiger partial charge in [-0.1, -0.05) is 25.7 Å². The molecule has 0 atom stereocenters. The molecule has 0 aromatic carbocycles. The number of aromatic amines is 1. The molecule has 0 aliphatic heterocycles. The van der Waals surface area contributed by atoms with Gasteiger partial charge < -0.3 is 5.32 Å². The zero-order valence-corrected chi connectivity index (χ0v) is 9.34. The highest BCUT2D eigenvalue weighted by Gasteiger charge is 2.11. The van der Waals surface area contributed by atoms with E-state index in [1.807, 2.05) is 12.4 Å². The molecule has 1 saturated carbocycles. The number of hydrogen-bond donors (Lipinski definition) is 2. The summed E-state index contributed by atoms with van der Waals surface area (Å²) in [7, 11) is 0. The van der Waals surface area contributed by atoms with E-state index in [4.69, 9.17) is 0 Å². The zero-order valence-electron chi connectivity index (χ0n) is 9.34. The molecule has 15 heavy (non-hydrogen) atoms. The molecule has 1 aliphatic carbocycles. The third-order valence-corrected chi connectivity index (χ3v) is 3.29. The van der Waals surface area contributed by atoms with Crippen molar-refractivity contribution in [1.29, 1.82) is 0 Å². The van der Waals surface area contributed by atoms with Crippen LogP contribution in [0, 0.1) is 5.92 Å². The molecule has 3 heteroatoms. The molecule has 0 amide bonds. The van der Waals surface area contributed by atoms with E-state index in [1.165, 1.54) is 50.6 Å². The second kappa shape index (κ2) is 5.91. The lowest BCUT2D eigenvalue weighted by Crippen LogP contribution is -2.21. The third kappa shape index (κ3) is 3.67. The molecule has 0 bridgehead atoms. The Morgan fingerprint density at radius 1 is 1.27 bits per heavy atom. The molecule has 84 valence electrons. The van der Waals surface area contributed by atoms with Crippen molar-refractivity contribution >= 4 is 0 Å². The van der Waals surface area contributed by atoms with Crippen LogP contribution in [0.5, 0.6) is 0 Å². The van der Waals surface area contributed by atoms with Crippen molar-refractivity contribution in [3.05, 3.63) is 18.0 Å². The van der Waals surface area contributed by atoms with Gasteiger partial charge in [0.05, 0.1) is 6.20 Å². The van der Waals surface area contributed by atoms with Crippen LogP contribution in [0.1, 0.15) is 44.1 Å². The summed E-state index contributed by atoms with van der Waals surface area (Å²) in [6, 6.07) is 0. The van der Waals surface area contributed by atoms with Gasteiger partial charge in [-0.2, -0.15) is 5.10 Å². The molecular weight excluding hydrogens is 186 g/mol. The Kier molecular flexibility index (Phi) is 4.21. The zero-order chi connectivity index (χ0) is 10.3. The van der Waals surface area contributed by atoms with Crippen LogP contribution in [-0.4, -0.2) is 16.7 Å². The normalized spacial score (nSPS) is 18.9. The van der Waals surface area contributed by atoms with Crippen LogP contribution in [0.25, 0.3) is 0 Å². The summed E-state index contributed by atoms with van der Waals surface area (Å²) in [5.41, 5.74) is 1.25. The lowest BCUT2D eigenvalue weighted by atomic mass is 10.0. The summed E-state index contributed by atoms with van der Waals surface area (Å²) >= 11 is 0. The Bertz CT molecular complexity index is 248. The summed E-state index contributed by atoms with van der Waals surface area (Å²) in [6.07, 6.45) is 12.4. The molecule has 1 aromatic heterocycles. The van der Waals surface area contributed by atoms with Crippen molar-refractivity contribution in [2.24, 2.45) is 5.92 Å². The van der Waals surface area contributed by atoms with Gasteiger partial charge in [-0.15, -0.1) is 0 Å². The first kappa shape index (κ1) is 10.7. The van der Waals surface area contributed by atoms with Crippen LogP contribution in [-0.2, 0) is 6.54 Å². The lowest BCUT2D eigenvalue weighted by molar-refractivity contribution is 0.425. The molecule has 2 N–H and O–H groups in total. The fourth-order valence-electron chi connectivity index (χ4n) is 2.36. The summed E-state index contributed by atoms with van der Waals surface area (Å²) in [5, 5.41) is 10.3. The SMILES string of the molecule is c1n[nH]cc1CNCC1CCCCCC1. The van der Waals surface area contributed by atoms with Crippen molar-refractivity contribution in [1.82, 2.24) is 15.5 Å². The van der Waals surface area contributed by atoms with Gasteiger partial charge in [0.1, 0.15) is 0 Å². The predicted molar refractivity (Wildman–Crippen MR) is 61.5 cm³/mol. The molecule has 3 nitrogen and oxygen atoms in total. The third-order valence-electron chi connectivity index (χ3n) is 3.29. The molecule has 1 fully saturated rings. The highest BCUT2D eigenvalue weighted by atomic mass is 15.1. The molecule has 0 saturated heterocycles. The van der Waals surface area contributed by atoms with E-state index in [2.05, 4.69) is 15.5 Å². The van der Waals surface area contributed by atoms with Crippen LogP contribution < -0.4 is 5.32 Å². The Hall–Kier alpha value is -0.830. The first-order valence-corrected chi connectivity index (χ1v) is 6.13. The minimum Gasteiger partial charge on any atom is -0.312 e. The largest absolute Gasteiger partial charge is 0.312 e. The van der Waals surface area contributed by atoms with Gasteiger partial charge in [0.2, 0.25) is 0 Å². The molecule has 0 spiro atoms. The van der Waals surface area contributed by atoms with E-state index in [1.54, 1.807) is 0 Å². The van der Waals surface area contributed by atoms with E-state index in [0.717, 1.165) is 12.5 Å². The van der Waals surface area contributed by atoms with Gasteiger partial charge in [-0.3, -0.25) is 5.10 Å². The van der Waals surface area contributed by atoms with Crippen molar-refractivity contribution in [3.8, 4) is 0 Å². The maximum Gasteiger partial charge on any atom is 0.0532 e. The molecule has 2 rings (SSSR count). The molecule has 1 aliphatic rings. The fraction of sp³-hybridized carbons (Fsp3) is 0.750. The molecule has 0 radical (unpaired) electrons. The lowest BCUT2D eigenvalue weighted by Gasteiger charge is -2.14. The fourth-order valence-corrected chi connectivity index (χ4v) is 2.36. The average Bonchev–Trinajstić information content (AvgIpc) is 2.62. The Morgan fingerprint density at radius 2 is 2.07 bits per heavy atom. The first-order chi connectivity index (χ1) is 7.45. The summed E-state index contributed by atoms with van der Waals surface area (Å²) in [4.78, 5) is 0. The van der Waals surface area contributed by atoms with Crippen LogP contribution in [0.2, 0.25) is 0 Å². The van der Waals surface area contributed by atoms with Crippen molar-refractivity contribution in [2.45, 2.75) is 45.1 Å². The van der Waals surface area contributed by atoms with E-state index in [0.29, 0.717) is 0 Å². The monoisotopic (exact) mass is 207 g/mol. The number of aromatic nitrogens is 2. The van der Waals surface area contributed by atoms with Gasteiger partial charge >= 0.3 is 0 Å². The van der Waals surface area contributed by atoms with Crippen LogP contribution >= 0.6 is 0 Å². The first-order valence-electron chi connectivity index (χ1n) is 6.13. The predicted octanol–water partition coefficient (Wildman–Crippen LogP) is 2.47. The van der Waals surface area contributed by atoms with Gasteiger partial charge in [-0.25, -0.2) is 0 Å². The number of H-pyrrole nitrogens is 1. The highest BCUT2D eigenvalue weighted by molar-refractivity contribution is 5.01. The number of rotatable bonds is 4. The van der Waals surface area contributed by atoms with Crippen LogP contribution in [0.4, 0.5) is 0 Å². The van der Waals surface area contributed by atoms with Crippen molar-refractivity contribution in [3.63, 3.8) is 0 Å². The number of nitrogens with one attached hydrogen (secondary N) is 2. The Labute approximate surface area is 91.7 Å². The Balaban J connectivity index is 1.64. The molecule has 1 heterocycles.